The second-order valence-electron chi connectivity index (χ2n) is 5.92. The SMILES string of the molecule is Cc1c(C(=O)OCC(=O)NC(=O)NCC(C)C)oc2ccc(Cl)cc12. The minimum atomic E-state index is -0.789. The molecule has 3 amide bonds. The van der Waals surface area contributed by atoms with Crippen molar-refractivity contribution < 1.29 is 23.5 Å². The van der Waals surface area contributed by atoms with Crippen LogP contribution < -0.4 is 10.6 Å². The van der Waals surface area contributed by atoms with E-state index in [1.165, 1.54) is 0 Å². The molecule has 2 aromatic rings. The molecule has 0 aliphatic heterocycles. The van der Waals surface area contributed by atoms with Crippen LogP contribution in [0, 0.1) is 12.8 Å². The Labute approximate surface area is 149 Å². The van der Waals surface area contributed by atoms with Gasteiger partial charge in [0.15, 0.2) is 6.61 Å². The van der Waals surface area contributed by atoms with Gasteiger partial charge in [-0.25, -0.2) is 9.59 Å². The maximum atomic E-state index is 12.1. The summed E-state index contributed by atoms with van der Waals surface area (Å²) in [6.45, 7) is 5.38. The lowest BCUT2D eigenvalue weighted by molar-refractivity contribution is -0.123. The van der Waals surface area contributed by atoms with Gasteiger partial charge in [0, 0.05) is 22.5 Å². The van der Waals surface area contributed by atoms with Gasteiger partial charge in [-0.15, -0.1) is 0 Å². The predicted octanol–water partition coefficient (Wildman–Crippen LogP) is 3.03. The second kappa shape index (κ2) is 8.02. The topological polar surface area (TPSA) is 97.6 Å². The van der Waals surface area contributed by atoms with Crippen molar-refractivity contribution in [3.05, 3.63) is 34.5 Å². The van der Waals surface area contributed by atoms with Crippen molar-refractivity contribution in [2.75, 3.05) is 13.2 Å². The number of rotatable bonds is 5. The van der Waals surface area contributed by atoms with Crippen LogP contribution in [0.4, 0.5) is 4.79 Å². The van der Waals surface area contributed by atoms with Gasteiger partial charge in [0.2, 0.25) is 5.76 Å². The highest BCUT2D eigenvalue weighted by molar-refractivity contribution is 6.31. The van der Waals surface area contributed by atoms with E-state index >= 15 is 0 Å². The fourth-order valence-corrected chi connectivity index (χ4v) is 2.26. The quantitative estimate of drug-likeness (QED) is 0.792. The van der Waals surface area contributed by atoms with Gasteiger partial charge in [-0.1, -0.05) is 25.4 Å². The number of hydrogen-bond acceptors (Lipinski definition) is 5. The molecule has 1 aromatic heterocycles. The summed E-state index contributed by atoms with van der Waals surface area (Å²) in [5, 5.41) is 5.81. The number of furan rings is 1. The Morgan fingerprint density at radius 3 is 2.68 bits per heavy atom. The van der Waals surface area contributed by atoms with Crippen molar-refractivity contribution in [3.63, 3.8) is 0 Å². The van der Waals surface area contributed by atoms with E-state index in [0.717, 1.165) is 0 Å². The molecule has 0 saturated carbocycles. The minimum Gasteiger partial charge on any atom is -0.450 e. The molecule has 0 aliphatic carbocycles. The van der Waals surface area contributed by atoms with E-state index in [-0.39, 0.29) is 11.7 Å². The summed E-state index contributed by atoms with van der Waals surface area (Å²) in [5.41, 5.74) is 1.06. The van der Waals surface area contributed by atoms with Gasteiger partial charge in [-0.05, 0) is 31.0 Å². The number of carbonyl (C=O) groups is 3. The van der Waals surface area contributed by atoms with Gasteiger partial charge in [0.1, 0.15) is 5.58 Å². The predicted molar refractivity (Wildman–Crippen MR) is 92.6 cm³/mol. The minimum absolute atomic E-state index is 0.00525. The summed E-state index contributed by atoms with van der Waals surface area (Å²) in [4.78, 5) is 35.2. The van der Waals surface area contributed by atoms with Gasteiger partial charge >= 0.3 is 12.0 Å². The molecule has 8 heteroatoms. The lowest BCUT2D eigenvalue weighted by Crippen LogP contribution is -2.42. The normalized spacial score (nSPS) is 10.8. The average molecular weight is 367 g/mol. The van der Waals surface area contributed by atoms with Crippen LogP contribution in [0.3, 0.4) is 0 Å². The third-order valence-electron chi connectivity index (χ3n) is 3.34. The molecule has 2 N–H and O–H groups in total. The largest absolute Gasteiger partial charge is 0.450 e. The Morgan fingerprint density at radius 2 is 2.00 bits per heavy atom. The Kier molecular flexibility index (Phi) is 6.03. The highest BCUT2D eigenvalue weighted by Gasteiger charge is 2.20. The Hall–Kier alpha value is -2.54. The molecule has 0 bridgehead atoms. The lowest BCUT2D eigenvalue weighted by Gasteiger charge is -2.08. The third kappa shape index (κ3) is 4.96. The standard InChI is InChI=1S/C17H19ClN2O5/c1-9(2)7-19-17(23)20-14(21)8-24-16(22)15-10(3)12-6-11(18)4-5-13(12)25-15/h4-6,9H,7-8H2,1-3H3,(H2,19,20,21,23). The number of imide groups is 1. The second-order valence-corrected chi connectivity index (χ2v) is 6.36. The molecule has 0 unspecified atom stereocenters. The number of urea groups is 1. The zero-order valence-corrected chi connectivity index (χ0v) is 14.9. The zero-order valence-electron chi connectivity index (χ0n) is 14.1. The summed E-state index contributed by atoms with van der Waals surface area (Å²) in [7, 11) is 0. The summed E-state index contributed by atoms with van der Waals surface area (Å²) >= 11 is 5.93. The molecule has 0 radical (unpaired) electrons. The molecular formula is C17H19ClN2O5. The number of halogens is 1. The summed E-state index contributed by atoms with van der Waals surface area (Å²) in [5.74, 6) is -1.27. The van der Waals surface area contributed by atoms with Crippen molar-refractivity contribution in [1.82, 2.24) is 10.6 Å². The van der Waals surface area contributed by atoms with Crippen LogP contribution in [0.1, 0.15) is 30.0 Å². The first-order valence-electron chi connectivity index (χ1n) is 7.71. The number of amides is 3. The summed E-state index contributed by atoms with van der Waals surface area (Å²) in [6, 6.07) is 4.33. The van der Waals surface area contributed by atoms with E-state index in [1.54, 1.807) is 25.1 Å². The molecule has 134 valence electrons. The summed E-state index contributed by atoms with van der Waals surface area (Å²) < 4.78 is 10.3. The lowest BCUT2D eigenvalue weighted by atomic mass is 10.1. The number of benzene rings is 1. The van der Waals surface area contributed by atoms with Gasteiger partial charge in [0.25, 0.3) is 5.91 Å². The number of aryl methyl sites for hydroxylation is 1. The van der Waals surface area contributed by atoms with E-state index in [1.807, 2.05) is 13.8 Å². The number of ether oxygens (including phenoxy) is 1. The first kappa shape index (κ1) is 18.8. The fraction of sp³-hybridized carbons (Fsp3) is 0.353. The van der Waals surface area contributed by atoms with E-state index in [4.69, 9.17) is 20.8 Å². The molecule has 0 saturated heterocycles. The molecule has 7 nitrogen and oxygen atoms in total. The monoisotopic (exact) mass is 366 g/mol. The highest BCUT2D eigenvalue weighted by Crippen LogP contribution is 2.28. The van der Waals surface area contributed by atoms with Crippen molar-refractivity contribution in [2.45, 2.75) is 20.8 Å². The number of hydrogen-bond donors (Lipinski definition) is 2. The van der Waals surface area contributed by atoms with Crippen molar-refractivity contribution >= 4 is 40.5 Å². The first-order chi connectivity index (χ1) is 11.8. The van der Waals surface area contributed by atoms with E-state index < -0.39 is 24.5 Å². The Morgan fingerprint density at radius 1 is 1.28 bits per heavy atom. The number of nitrogens with one attached hydrogen (secondary N) is 2. The smallest absolute Gasteiger partial charge is 0.375 e. The number of carbonyl (C=O) groups excluding carboxylic acids is 3. The van der Waals surface area contributed by atoms with Crippen LogP contribution in [0.25, 0.3) is 11.0 Å². The van der Waals surface area contributed by atoms with Gasteiger partial charge in [0.05, 0.1) is 0 Å². The van der Waals surface area contributed by atoms with Crippen LogP contribution in [0.5, 0.6) is 0 Å². The number of fused-ring (bicyclic) bond motifs is 1. The van der Waals surface area contributed by atoms with Gasteiger partial charge in [-0.2, -0.15) is 0 Å². The third-order valence-corrected chi connectivity index (χ3v) is 3.58. The van der Waals surface area contributed by atoms with Crippen LogP contribution >= 0.6 is 11.6 Å². The van der Waals surface area contributed by atoms with Crippen molar-refractivity contribution in [1.29, 1.82) is 0 Å². The molecule has 1 aromatic carbocycles. The Bertz CT molecular complexity index is 813. The first-order valence-corrected chi connectivity index (χ1v) is 8.09. The highest BCUT2D eigenvalue weighted by atomic mass is 35.5. The van der Waals surface area contributed by atoms with Crippen LogP contribution in [-0.4, -0.2) is 31.1 Å². The average Bonchev–Trinajstić information content (AvgIpc) is 2.87. The molecule has 0 aliphatic rings. The van der Waals surface area contributed by atoms with Crippen molar-refractivity contribution in [3.8, 4) is 0 Å². The van der Waals surface area contributed by atoms with Gasteiger partial charge < -0.3 is 14.5 Å². The van der Waals surface area contributed by atoms with Crippen LogP contribution in [0.15, 0.2) is 22.6 Å². The molecule has 25 heavy (non-hydrogen) atoms. The maximum absolute atomic E-state index is 12.1. The van der Waals surface area contributed by atoms with Gasteiger partial charge in [-0.3, -0.25) is 10.1 Å². The molecule has 1 heterocycles. The Balaban J connectivity index is 1.93. The molecule has 0 atom stereocenters. The van der Waals surface area contributed by atoms with E-state index in [9.17, 15) is 14.4 Å². The molecule has 2 rings (SSSR count). The van der Waals surface area contributed by atoms with Crippen molar-refractivity contribution in [2.24, 2.45) is 5.92 Å². The molecule has 0 fully saturated rings. The zero-order chi connectivity index (χ0) is 18.6. The summed E-state index contributed by atoms with van der Waals surface area (Å²) in [6.07, 6.45) is 0. The van der Waals surface area contributed by atoms with Crippen LogP contribution in [-0.2, 0) is 9.53 Å². The maximum Gasteiger partial charge on any atom is 0.375 e. The molecule has 0 spiro atoms. The van der Waals surface area contributed by atoms with E-state index in [0.29, 0.717) is 28.1 Å². The fourth-order valence-electron chi connectivity index (χ4n) is 2.09. The van der Waals surface area contributed by atoms with Crippen LogP contribution in [0.2, 0.25) is 5.02 Å². The van der Waals surface area contributed by atoms with E-state index in [2.05, 4.69) is 10.6 Å². The number of esters is 1. The molecular weight excluding hydrogens is 348 g/mol.